The smallest absolute Gasteiger partial charge is 0.416 e. The summed E-state index contributed by atoms with van der Waals surface area (Å²) in [6.45, 7) is 7.49. The van der Waals surface area contributed by atoms with E-state index in [1.807, 2.05) is 19.9 Å². The zero-order chi connectivity index (χ0) is 20.0. The van der Waals surface area contributed by atoms with Crippen molar-refractivity contribution in [3.05, 3.63) is 48.3 Å². The third-order valence-electron chi connectivity index (χ3n) is 4.85. The Morgan fingerprint density at radius 3 is 2.63 bits per heavy atom. The lowest BCUT2D eigenvalue weighted by Crippen LogP contribution is -2.43. The van der Waals surface area contributed by atoms with Gasteiger partial charge in [0.25, 0.3) is 0 Å². The van der Waals surface area contributed by atoms with Crippen molar-refractivity contribution in [3.63, 3.8) is 0 Å². The first-order valence-corrected chi connectivity index (χ1v) is 9.30. The molecule has 1 saturated carbocycles. The lowest BCUT2D eigenvalue weighted by molar-refractivity contribution is -0.200. The summed E-state index contributed by atoms with van der Waals surface area (Å²) >= 11 is 0. The van der Waals surface area contributed by atoms with Gasteiger partial charge in [-0.25, -0.2) is 0 Å². The maximum Gasteiger partial charge on any atom is 0.416 e. The molecule has 0 radical (unpaired) electrons. The van der Waals surface area contributed by atoms with Crippen LogP contribution in [0.2, 0.25) is 0 Å². The third kappa shape index (κ3) is 6.31. The van der Waals surface area contributed by atoms with E-state index in [9.17, 15) is 18.3 Å². The van der Waals surface area contributed by atoms with Crippen LogP contribution in [0, 0.1) is 12.8 Å². The summed E-state index contributed by atoms with van der Waals surface area (Å²) in [5, 5.41) is 9.65. The number of aliphatic hydroxyl groups is 1. The van der Waals surface area contributed by atoms with Crippen molar-refractivity contribution in [2.75, 3.05) is 18.0 Å². The zero-order valence-electron chi connectivity index (χ0n) is 15.9. The van der Waals surface area contributed by atoms with Crippen LogP contribution in [0.3, 0.4) is 0 Å². The summed E-state index contributed by atoms with van der Waals surface area (Å²) in [5.41, 5.74) is 1.49. The molecule has 0 aromatic heterocycles. The Morgan fingerprint density at radius 1 is 1.37 bits per heavy atom. The van der Waals surface area contributed by atoms with Crippen LogP contribution in [-0.4, -0.2) is 30.5 Å². The van der Waals surface area contributed by atoms with Crippen LogP contribution in [0.25, 0.3) is 0 Å². The lowest BCUT2D eigenvalue weighted by atomic mass is 10.1. The van der Waals surface area contributed by atoms with E-state index >= 15 is 0 Å². The molecule has 1 N–H and O–H groups in total. The second-order valence-corrected chi connectivity index (χ2v) is 7.13. The summed E-state index contributed by atoms with van der Waals surface area (Å²) in [7, 11) is 0. The third-order valence-corrected chi connectivity index (χ3v) is 4.85. The summed E-state index contributed by atoms with van der Waals surface area (Å²) in [4.78, 5) is 1.65. The van der Waals surface area contributed by atoms with Gasteiger partial charge in [-0.15, -0.1) is 0 Å². The number of hydrogen-bond donors (Lipinski definition) is 1. The Morgan fingerprint density at radius 2 is 2.04 bits per heavy atom. The van der Waals surface area contributed by atoms with Crippen molar-refractivity contribution >= 4 is 5.69 Å². The molecule has 1 aliphatic rings. The van der Waals surface area contributed by atoms with Gasteiger partial charge in [0.05, 0.1) is 6.54 Å². The Bertz CT molecular complexity index is 664. The molecule has 6 heteroatoms. The van der Waals surface area contributed by atoms with Crippen molar-refractivity contribution < 1.29 is 23.0 Å². The predicted octanol–water partition coefficient (Wildman–Crippen LogP) is 5.38. The highest BCUT2D eigenvalue weighted by Gasteiger charge is 2.39. The molecule has 1 unspecified atom stereocenters. The van der Waals surface area contributed by atoms with Gasteiger partial charge in [-0.05, 0) is 50.3 Å². The van der Waals surface area contributed by atoms with Crippen molar-refractivity contribution in [2.45, 2.75) is 51.8 Å². The number of nitrogens with zero attached hydrogens (tertiary/aromatic N) is 1. The molecule has 2 rings (SSSR count). The average molecular weight is 383 g/mol. The van der Waals surface area contributed by atoms with Gasteiger partial charge in [-0.3, -0.25) is 0 Å². The Hall–Kier alpha value is -1.95. The average Bonchev–Trinajstić information content (AvgIpc) is 3.08. The van der Waals surface area contributed by atoms with Gasteiger partial charge >= 0.3 is 6.18 Å². The number of rotatable bonds is 8. The molecule has 0 amide bonds. The van der Waals surface area contributed by atoms with Gasteiger partial charge < -0.3 is 14.7 Å². The molecule has 0 bridgehead atoms. The molecule has 1 aromatic rings. The van der Waals surface area contributed by atoms with E-state index in [0.717, 1.165) is 31.2 Å². The van der Waals surface area contributed by atoms with E-state index in [4.69, 9.17) is 4.74 Å². The minimum Gasteiger partial charge on any atom is -0.458 e. The second-order valence-electron chi connectivity index (χ2n) is 7.13. The molecule has 1 atom stereocenters. The first kappa shape index (κ1) is 21.4. The molecule has 3 nitrogen and oxygen atoms in total. The molecular weight excluding hydrogens is 355 g/mol. The number of aryl methyl sites for hydroxylation is 1. The summed E-state index contributed by atoms with van der Waals surface area (Å²) in [5.74, 6) is 1.30. The van der Waals surface area contributed by atoms with Crippen molar-refractivity contribution in [2.24, 2.45) is 5.92 Å². The maximum atomic E-state index is 13.0. The normalized spacial score (nSPS) is 16.7. The Balaban J connectivity index is 2.27. The van der Waals surface area contributed by atoms with E-state index < -0.39 is 18.8 Å². The standard InChI is InChI=1S/C21H28F3NO2/c1-4-7-16(3)27-18-11-10-15(2)19(12-18)25(13-17-8-5-6-9-17)14-20(26)21(22,23)24/h4,7,10-12,17,20,26H,3,5-6,8-9,13-14H2,1-2H3/b7-4-. The monoisotopic (exact) mass is 383 g/mol. The number of benzene rings is 1. The van der Waals surface area contributed by atoms with Crippen LogP contribution < -0.4 is 9.64 Å². The molecule has 1 aliphatic carbocycles. The molecule has 1 fully saturated rings. The highest BCUT2D eigenvalue weighted by molar-refractivity contribution is 5.57. The number of allylic oxidation sites excluding steroid dienone is 2. The van der Waals surface area contributed by atoms with Crippen LogP contribution in [-0.2, 0) is 0 Å². The van der Waals surface area contributed by atoms with Gasteiger partial charge in [0, 0.05) is 18.3 Å². The topological polar surface area (TPSA) is 32.7 Å². The number of aliphatic hydroxyl groups excluding tert-OH is 1. The van der Waals surface area contributed by atoms with E-state index in [2.05, 4.69) is 6.58 Å². The van der Waals surface area contributed by atoms with Crippen LogP contribution in [0.5, 0.6) is 5.75 Å². The number of ether oxygens (including phenoxy) is 1. The SMILES string of the molecule is C=C(/C=C\C)Oc1ccc(C)c(N(CC2CCCC2)CC(O)C(F)(F)F)c1. The number of anilines is 1. The quantitative estimate of drug-likeness (QED) is 0.483. The van der Waals surface area contributed by atoms with E-state index in [-0.39, 0.29) is 0 Å². The van der Waals surface area contributed by atoms with Crippen molar-refractivity contribution in [1.82, 2.24) is 0 Å². The number of alkyl halides is 3. The van der Waals surface area contributed by atoms with Crippen molar-refractivity contribution in [3.8, 4) is 5.75 Å². The maximum absolute atomic E-state index is 13.0. The zero-order valence-corrected chi connectivity index (χ0v) is 15.9. The van der Waals surface area contributed by atoms with Crippen LogP contribution in [0.4, 0.5) is 18.9 Å². The molecule has 0 aliphatic heterocycles. The van der Waals surface area contributed by atoms with E-state index in [0.29, 0.717) is 29.7 Å². The summed E-state index contributed by atoms with van der Waals surface area (Å²) in [6.07, 6.45) is 0.693. The number of halogens is 3. The van der Waals surface area contributed by atoms with Crippen LogP contribution in [0.15, 0.2) is 42.7 Å². The fourth-order valence-corrected chi connectivity index (χ4v) is 3.45. The minimum atomic E-state index is -4.64. The van der Waals surface area contributed by atoms with Gasteiger partial charge in [0.2, 0.25) is 0 Å². The van der Waals surface area contributed by atoms with Gasteiger partial charge in [0.1, 0.15) is 11.5 Å². The molecule has 1 aromatic carbocycles. The highest BCUT2D eigenvalue weighted by atomic mass is 19.4. The van der Waals surface area contributed by atoms with E-state index in [1.165, 1.54) is 0 Å². The first-order chi connectivity index (χ1) is 12.7. The molecule has 0 spiro atoms. The lowest BCUT2D eigenvalue weighted by Gasteiger charge is -2.32. The Labute approximate surface area is 159 Å². The predicted molar refractivity (Wildman–Crippen MR) is 102 cm³/mol. The van der Waals surface area contributed by atoms with Gasteiger partial charge in [-0.2, -0.15) is 13.2 Å². The van der Waals surface area contributed by atoms with Gasteiger partial charge in [0.15, 0.2) is 6.10 Å². The van der Waals surface area contributed by atoms with Crippen molar-refractivity contribution in [1.29, 1.82) is 0 Å². The molecule has 150 valence electrons. The summed E-state index contributed by atoms with van der Waals surface area (Å²) < 4.78 is 44.5. The molecule has 27 heavy (non-hydrogen) atoms. The molecule has 0 saturated heterocycles. The fourth-order valence-electron chi connectivity index (χ4n) is 3.45. The highest BCUT2D eigenvalue weighted by Crippen LogP contribution is 2.32. The Kier molecular flexibility index (Phi) is 7.36. The van der Waals surface area contributed by atoms with Crippen LogP contribution in [0.1, 0.15) is 38.2 Å². The van der Waals surface area contributed by atoms with Gasteiger partial charge in [-0.1, -0.05) is 31.6 Å². The van der Waals surface area contributed by atoms with E-state index in [1.54, 1.807) is 29.2 Å². The molecule has 0 heterocycles. The second kappa shape index (κ2) is 9.31. The molecular formula is C21H28F3NO2. The number of hydrogen-bond acceptors (Lipinski definition) is 3. The first-order valence-electron chi connectivity index (χ1n) is 9.30. The van der Waals surface area contributed by atoms with Crippen LogP contribution >= 0.6 is 0 Å². The largest absolute Gasteiger partial charge is 0.458 e. The summed E-state index contributed by atoms with van der Waals surface area (Å²) in [6, 6.07) is 5.30. The fraction of sp³-hybridized carbons (Fsp3) is 0.524. The minimum absolute atomic E-state index is 0.340.